The summed E-state index contributed by atoms with van der Waals surface area (Å²) < 4.78 is 46.9. The molecule has 0 saturated carbocycles. The van der Waals surface area contributed by atoms with Crippen molar-refractivity contribution in [2.24, 2.45) is 0 Å². The van der Waals surface area contributed by atoms with E-state index < -0.39 is 6.04 Å². The lowest BCUT2D eigenvalue weighted by molar-refractivity contribution is 0.991. The maximum atomic E-state index is 9.31. The quantitative estimate of drug-likeness (QED) is 0.155. The van der Waals surface area contributed by atoms with Crippen LogP contribution in [-0.4, -0.2) is 16.2 Å². The molecule has 10 rings (SSSR count). The van der Waals surface area contributed by atoms with E-state index in [-0.39, 0.29) is 29.7 Å². The Kier molecular flexibility index (Phi) is 6.61. The smallest absolute Gasteiger partial charge is 0.137 e. The van der Waals surface area contributed by atoms with Gasteiger partial charge in [0, 0.05) is 28.3 Å². The van der Waals surface area contributed by atoms with Crippen molar-refractivity contribution in [3.8, 4) is 5.82 Å². The largest absolute Gasteiger partial charge is 0.321 e. The summed E-state index contributed by atoms with van der Waals surface area (Å²) in [5.41, 5.74) is 9.88. The molecule has 9 aromatic rings. The van der Waals surface area contributed by atoms with E-state index in [1.807, 2.05) is 91.0 Å². The molecule has 0 radical (unpaired) electrons. The van der Waals surface area contributed by atoms with Crippen molar-refractivity contribution in [2.45, 2.75) is 0 Å². The van der Waals surface area contributed by atoms with E-state index in [2.05, 4.69) is 93.2 Å². The number of hydrogen-bond acceptors (Lipinski definition) is 3. The van der Waals surface area contributed by atoms with Gasteiger partial charge in [-0.15, -0.1) is 0 Å². The summed E-state index contributed by atoms with van der Waals surface area (Å²) in [4.78, 5) is 9.36. The van der Waals surface area contributed by atoms with Crippen molar-refractivity contribution in [2.75, 3.05) is 16.5 Å². The number of aromatic nitrogens is 2. The normalized spacial score (nSPS) is 14.3. The molecule has 0 amide bonds. The number of anilines is 4. The zero-order valence-electron chi connectivity index (χ0n) is 34.2. The van der Waals surface area contributed by atoms with Gasteiger partial charge in [0.05, 0.1) is 29.3 Å². The first-order valence-corrected chi connectivity index (χ1v) is 18.0. The predicted octanol–water partition coefficient (Wildman–Crippen LogP) is 12.4. The maximum absolute atomic E-state index is 9.31. The van der Waals surface area contributed by atoms with Crippen LogP contribution in [0.5, 0.6) is 0 Å². The molecule has 0 saturated heterocycles. The van der Waals surface area contributed by atoms with Crippen molar-refractivity contribution in [3.05, 3.63) is 229 Å². The molecule has 2 aromatic heterocycles. The molecule has 0 spiro atoms. The highest BCUT2D eigenvalue weighted by molar-refractivity contribution is 6.12. The Hall–Kier alpha value is -7.17. The zero-order valence-corrected chi connectivity index (χ0v) is 29.2. The van der Waals surface area contributed by atoms with Crippen molar-refractivity contribution < 1.29 is 6.85 Å². The average molecular weight is 698 g/mol. The van der Waals surface area contributed by atoms with Gasteiger partial charge < -0.3 is 9.80 Å². The lowest BCUT2D eigenvalue weighted by Crippen LogP contribution is -2.23. The summed E-state index contributed by atoms with van der Waals surface area (Å²) in [5.74, 6) is 0.771. The monoisotopic (exact) mass is 697 g/mol. The summed E-state index contributed by atoms with van der Waals surface area (Å²) in [7, 11) is 0. The van der Waals surface area contributed by atoms with Gasteiger partial charge in [0.1, 0.15) is 12.5 Å². The van der Waals surface area contributed by atoms with Crippen LogP contribution in [0.15, 0.2) is 206 Å². The Balaban J connectivity index is 1.28. The summed E-state index contributed by atoms with van der Waals surface area (Å²) >= 11 is 0. The molecule has 0 unspecified atom stereocenters. The molecule has 0 aliphatic carbocycles. The Labute approximate surface area is 322 Å². The van der Waals surface area contributed by atoms with E-state index in [9.17, 15) is 2.74 Å². The van der Waals surface area contributed by atoms with Gasteiger partial charge in [0.2, 0.25) is 0 Å². The van der Waals surface area contributed by atoms with E-state index in [1.165, 1.54) is 0 Å². The van der Waals surface area contributed by atoms with Crippen LogP contribution in [-0.2, 0) is 0 Å². The van der Waals surface area contributed by atoms with E-state index in [0.717, 1.165) is 72.6 Å². The first-order valence-electron chi connectivity index (χ1n) is 20.5. The molecule has 1 aliphatic rings. The van der Waals surface area contributed by atoms with Gasteiger partial charge >= 0.3 is 0 Å². The van der Waals surface area contributed by atoms with E-state index in [1.54, 1.807) is 6.20 Å². The average Bonchev–Trinajstić information content (AvgIpc) is 3.84. The number of fused-ring (bicyclic) bond motifs is 4. The molecule has 0 atom stereocenters. The van der Waals surface area contributed by atoms with Crippen molar-refractivity contribution >= 4 is 55.7 Å². The minimum atomic E-state index is -0.434. The van der Waals surface area contributed by atoms with E-state index in [4.69, 9.17) is 9.10 Å². The summed E-state index contributed by atoms with van der Waals surface area (Å²) in [6.45, 7) is 0.580. The Morgan fingerprint density at radius 1 is 0.463 bits per heavy atom. The topological polar surface area (TPSA) is 24.3 Å². The number of hydrogen-bond donors (Lipinski definition) is 0. The first kappa shape index (κ1) is 26.6. The molecule has 4 nitrogen and oxygen atoms in total. The van der Waals surface area contributed by atoms with Crippen LogP contribution in [0.2, 0.25) is 0 Å². The first-order chi connectivity index (χ1) is 28.9. The molecular formula is C50H36N4. The highest BCUT2D eigenvalue weighted by Crippen LogP contribution is 2.46. The molecule has 54 heavy (non-hydrogen) atoms. The SMILES string of the molecule is [2H]c1c([2H])c([2H])c(/C(=C(\c2cccc(N3CN(c4ccccc4)c4ccccc43)c2)c2ccc3c4ccccc4n(-c4ccccn4)c3c2)c2ccccc2)c([2H])c1[2H]. The predicted molar refractivity (Wildman–Crippen MR) is 225 cm³/mol. The molecule has 1 aliphatic heterocycles. The van der Waals surface area contributed by atoms with Crippen LogP contribution in [0.1, 0.15) is 29.1 Å². The van der Waals surface area contributed by atoms with Gasteiger partial charge in [-0.1, -0.05) is 139 Å². The minimum Gasteiger partial charge on any atom is -0.321 e. The van der Waals surface area contributed by atoms with Gasteiger partial charge in [-0.3, -0.25) is 4.57 Å². The van der Waals surface area contributed by atoms with Gasteiger partial charge in [0.25, 0.3) is 0 Å². The van der Waals surface area contributed by atoms with Crippen LogP contribution in [0.25, 0.3) is 38.8 Å². The highest BCUT2D eigenvalue weighted by Gasteiger charge is 2.28. The number of rotatable bonds is 7. The number of para-hydroxylation sites is 4. The lowest BCUT2D eigenvalue weighted by atomic mass is 9.85. The third kappa shape index (κ3) is 5.44. The van der Waals surface area contributed by atoms with Crippen LogP contribution in [0, 0.1) is 0 Å². The standard InChI is InChI=1S/C50H36N4/c1-4-17-36(18-5-1)49(37-19-6-2-7-20-37)50(39-30-31-43-42-25-10-11-26-44(42)54(47(43)34-39)48-29-14-15-32-51-48)38-21-16-24-41(33-38)53-35-52(40-22-8-3-9-23-40)45-27-12-13-28-46(45)53/h1-34H,35H2/i1D,4D,5D,17D,18D/b50-49-. The maximum Gasteiger partial charge on any atom is 0.137 e. The number of pyridine rings is 1. The highest BCUT2D eigenvalue weighted by atomic mass is 15.4. The second kappa shape index (κ2) is 13.4. The van der Waals surface area contributed by atoms with Crippen molar-refractivity contribution in [1.29, 1.82) is 0 Å². The molecule has 3 heterocycles. The Morgan fingerprint density at radius 2 is 1.07 bits per heavy atom. The third-order valence-corrected chi connectivity index (χ3v) is 10.2. The van der Waals surface area contributed by atoms with Crippen molar-refractivity contribution in [1.82, 2.24) is 9.55 Å². The second-order valence-corrected chi connectivity index (χ2v) is 13.3. The fourth-order valence-corrected chi connectivity index (χ4v) is 7.80. The van der Waals surface area contributed by atoms with E-state index >= 15 is 0 Å². The fraction of sp³-hybridized carbons (Fsp3) is 0.0200. The zero-order chi connectivity index (χ0) is 40.2. The molecule has 0 fully saturated rings. The van der Waals surface area contributed by atoms with Gasteiger partial charge in [0.15, 0.2) is 0 Å². The molecule has 0 N–H and O–H groups in total. The molecule has 0 bridgehead atoms. The molecular weight excluding hydrogens is 657 g/mol. The molecule has 4 heteroatoms. The number of benzene rings is 7. The number of nitrogens with zero attached hydrogens (tertiary/aromatic N) is 4. The van der Waals surface area contributed by atoms with Crippen LogP contribution < -0.4 is 9.80 Å². The summed E-state index contributed by atoms with van der Waals surface area (Å²) in [6.07, 6.45) is 1.79. The summed E-state index contributed by atoms with van der Waals surface area (Å²) in [5, 5.41) is 2.12. The van der Waals surface area contributed by atoms with Crippen LogP contribution in [0.4, 0.5) is 22.7 Å². The van der Waals surface area contributed by atoms with Gasteiger partial charge in [-0.05, 0) is 94.1 Å². The Morgan fingerprint density at radius 3 is 1.85 bits per heavy atom. The van der Waals surface area contributed by atoms with Crippen LogP contribution >= 0.6 is 0 Å². The minimum absolute atomic E-state index is 0.134. The third-order valence-electron chi connectivity index (χ3n) is 10.2. The van der Waals surface area contributed by atoms with Gasteiger partial charge in [-0.2, -0.15) is 0 Å². The Bertz CT molecular complexity index is 3060. The second-order valence-electron chi connectivity index (χ2n) is 13.3. The summed E-state index contributed by atoms with van der Waals surface area (Å²) in [6, 6.07) is 55.5. The molecule has 256 valence electrons. The van der Waals surface area contributed by atoms with Gasteiger partial charge in [-0.25, -0.2) is 4.98 Å². The lowest BCUT2D eigenvalue weighted by Gasteiger charge is -2.24. The van der Waals surface area contributed by atoms with Crippen molar-refractivity contribution in [3.63, 3.8) is 0 Å². The van der Waals surface area contributed by atoms with E-state index in [0.29, 0.717) is 12.2 Å². The molecule has 7 aromatic carbocycles. The fourth-order valence-electron chi connectivity index (χ4n) is 7.80. The van der Waals surface area contributed by atoms with Crippen LogP contribution in [0.3, 0.4) is 0 Å².